The number of aromatic carboxylic acids is 1. The average molecular weight is 410 g/mol. The second kappa shape index (κ2) is 8.19. The highest BCUT2D eigenvalue weighted by atomic mass is 19.1. The number of hydrogen-bond donors (Lipinski definition) is 2. The van der Waals surface area contributed by atoms with Crippen LogP contribution in [0, 0.1) is 12.7 Å². The van der Waals surface area contributed by atoms with Crippen molar-refractivity contribution in [3.8, 4) is 0 Å². The number of carboxylic acid groups (broad SMARTS) is 1. The first kappa shape index (κ1) is 20.5. The van der Waals surface area contributed by atoms with Gasteiger partial charge in [-0.1, -0.05) is 30.7 Å². The van der Waals surface area contributed by atoms with E-state index in [-0.39, 0.29) is 28.9 Å². The van der Waals surface area contributed by atoms with Crippen LogP contribution in [0.1, 0.15) is 59.2 Å². The van der Waals surface area contributed by atoms with Crippen molar-refractivity contribution in [1.82, 2.24) is 10.2 Å². The second-order valence-corrected chi connectivity index (χ2v) is 8.52. The number of carbonyl (C=O) groups excluding carboxylic acids is 1. The van der Waals surface area contributed by atoms with Gasteiger partial charge >= 0.3 is 5.97 Å². The number of hydrogen-bond acceptors (Lipinski definition) is 3. The minimum Gasteiger partial charge on any atom is -0.478 e. The van der Waals surface area contributed by atoms with Gasteiger partial charge in [0.25, 0.3) is 0 Å². The molecule has 30 heavy (non-hydrogen) atoms. The van der Waals surface area contributed by atoms with Crippen LogP contribution in [0.4, 0.5) is 4.39 Å². The molecule has 1 saturated heterocycles. The van der Waals surface area contributed by atoms with Crippen molar-refractivity contribution in [1.29, 1.82) is 0 Å². The molecule has 4 rings (SSSR count). The lowest BCUT2D eigenvalue weighted by molar-refractivity contribution is -0.129. The summed E-state index contributed by atoms with van der Waals surface area (Å²) in [5.41, 5.74) is 2.45. The fourth-order valence-electron chi connectivity index (χ4n) is 4.38. The van der Waals surface area contributed by atoms with Crippen LogP contribution in [0.5, 0.6) is 0 Å². The molecule has 1 saturated carbocycles. The molecule has 2 aromatic rings. The van der Waals surface area contributed by atoms with Crippen LogP contribution in [0.2, 0.25) is 0 Å². The van der Waals surface area contributed by atoms with E-state index in [9.17, 15) is 14.0 Å². The van der Waals surface area contributed by atoms with Crippen LogP contribution >= 0.6 is 0 Å². The lowest BCUT2D eigenvalue weighted by atomic mass is 9.98. The van der Waals surface area contributed by atoms with E-state index in [0.29, 0.717) is 12.1 Å². The first-order valence-electron chi connectivity index (χ1n) is 10.5. The highest BCUT2D eigenvalue weighted by Gasteiger charge is 2.47. The summed E-state index contributed by atoms with van der Waals surface area (Å²) in [7, 11) is 0. The van der Waals surface area contributed by atoms with Crippen molar-refractivity contribution in [2.45, 2.75) is 57.2 Å². The maximum atomic E-state index is 13.6. The summed E-state index contributed by atoms with van der Waals surface area (Å²) < 4.78 is 13.6. The zero-order valence-corrected chi connectivity index (χ0v) is 17.2. The molecular weight excluding hydrogens is 383 g/mol. The highest BCUT2D eigenvalue weighted by Crippen LogP contribution is 2.45. The number of carboxylic acids is 1. The number of nitrogens with zero attached hydrogens (tertiary/aromatic N) is 1. The highest BCUT2D eigenvalue weighted by molar-refractivity contribution is 5.87. The van der Waals surface area contributed by atoms with Crippen molar-refractivity contribution >= 4 is 11.9 Å². The molecule has 1 atom stereocenters. The van der Waals surface area contributed by atoms with Gasteiger partial charge in [-0.05, 0) is 74.0 Å². The van der Waals surface area contributed by atoms with Crippen LogP contribution in [-0.2, 0) is 16.9 Å². The van der Waals surface area contributed by atoms with Crippen molar-refractivity contribution in [3.05, 3.63) is 70.5 Å². The Labute approximate surface area is 175 Å². The predicted molar refractivity (Wildman–Crippen MR) is 112 cm³/mol. The Morgan fingerprint density at radius 1 is 1.17 bits per heavy atom. The molecular formula is C24H27FN2O3. The number of aryl methyl sites for hydroxylation is 1. The summed E-state index contributed by atoms with van der Waals surface area (Å²) in [6.45, 7) is 3.22. The number of benzene rings is 2. The van der Waals surface area contributed by atoms with Crippen molar-refractivity contribution in [2.75, 3.05) is 6.54 Å². The zero-order valence-electron chi connectivity index (χ0n) is 17.2. The van der Waals surface area contributed by atoms with Crippen molar-refractivity contribution < 1.29 is 19.1 Å². The third-order valence-corrected chi connectivity index (χ3v) is 6.32. The van der Waals surface area contributed by atoms with Gasteiger partial charge in [-0.25, -0.2) is 9.18 Å². The smallest absolute Gasteiger partial charge is 0.335 e. The fraction of sp³-hybridized carbons (Fsp3) is 0.417. The molecule has 5 nitrogen and oxygen atoms in total. The molecule has 2 fully saturated rings. The predicted octanol–water partition coefficient (Wildman–Crippen LogP) is 3.99. The van der Waals surface area contributed by atoms with Crippen LogP contribution in [0.25, 0.3) is 0 Å². The van der Waals surface area contributed by atoms with E-state index in [1.807, 2.05) is 6.07 Å². The number of halogens is 1. The Morgan fingerprint density at radius 3 is 2.53 bits per heavy atom. The SMILES string of the molecule is Cc1cc(CN2CCCCC2C(=O)NC2(c3ccc(C(=O)O)cc3)CC2)ccc1F. The fourth-order valence-corrected chi connectivity index (χ4v) is 4.38. The van der Waals surface area contributed by atoms with Gasteiger partial charge in [-0.3, -0.25) is 9.69 Å². The van der Waals surface area contributed by atoms with Crippen molar-refractivity contribution in [2.24, 2.45) is 0 Å². The summed E-state index contributed by atoms with van der Waals surface area (Å²) >= 11 is 0. The second-order valence-electron chi connectivity index (χ2n) is 8.52. The van der Waals surface area contributed by atoms with Gasteiger partial charge in [0.2, 0.25) is 5.91 Å². The number of nitrogens with one attached hydrogen (secondary N) is 1. The number of carbonyl (C=O) groups is 2. The molecule has 6 heteroatoms. The maximum Gasteiger partial charge on any atom is 0.335 e. The quantitative estimate of drug-likeness (QED) is 0.756. The topological polar surface area (TPSA) is 69.6 Å². The molecule has 0 spiro atoms. The molecule has 1 heterocycles. The van der Waals surface area contributed by atoms with E-state index in [2.05, 4.69) is 10.2 Å². The Balaban J connectivity index is 1.46. The molecule has 1 amide bonds. The lowest BCUT2D eigenvalue weighted by Gasteiger charge is -2.36. The largest absolute Gasteiger partial charge is 0.478 e. The average Bonchev–Trinajstić information content (AvgIpc) is 3.52. The molecule has 158 valence electrons. The number of rotatable bonds is 6. The Bertz CT molecular complexity index is 953. The van der Waals surface area contributed by atoms with Gasteiger partial charge in [0, 0.05) is 6.54 Å². The molecule has 0 aromatic heterocycles. The summed E-state index contributed by atoms with van der Waals surface area (Å²) in [6, 6.07) is 11.7. The van der Waals surface area contributed by atoms with Gasteiger partial charge in [0.15, 0.2) is 0 Å². The van der Waals surface area contributed by atoms with E-state index in [4.69, 9.17) is 5.11 Å². The summed E-state index contributed by atoms with van der Waals surface area (Å²) in [6.07, 6.45) is 4.58. The van der Waals surface area contributed by atoms with Gasteiger partial charge in [0.1, 0.15) is 5.82 Å². The summed E-state index contributed by atoms with van der Waals surface area (Å²) in [4.78, 5) is 26.5. The summed E-state index contributed by atoms with van der Waals surface area (Å²) in [5.74, 6) is -1.14. The first-order chi connectivity index (χ1) is 14.4. The molecule has 0 radical (unpaired) electrons. The lowest BCUT2D eigenvalue weighted by Crippen LogP contribution is -2.51. The van der Waals surface area contributed by atoms with E-state index in [0.717, 1.165) is 49.8 Å². The summed E-state index contributed by atoms with van der Waals surface area (Å²) in [5, 5.41) is 12.3. The molecule has 1 unspecified atom stereocenters. The molecule has 1 aliphatic carbocycles. The molecule has 2 aliphatic rings. The van der Waals surface area contributed by atoms with Crippen molar-refractivity contribution in [3.63, 3.8) is 0 Å². The Kier molecular flexibility index (Phi) is 5.60. The molecule has 0 bridgehead atoms. The normalized spacial score (nSPS) is 20.5. The number of piperidine rings is 1. The Hall–Kier alpha value is -2.73. The molecule has 1 aliphatic heterocycles. The van der Waals surface area contributed by atoms with Gasteiger partial charge in [-0.15, -0.1) is 0 Å². The van der Waals surface area contributed by atoms with Crippen LogP contribution in [-0.4, -0.2) is 34.5 Å². The van der Waals surface area contributed by atoms with Crippen LogP contribution in [0.3, 0.4) is 0 Å². The van der Waals surface area contributed by atoms with E-state index in [1.165, 1.54) is 6.07 Å². The number of amides is 1. The molecule has 2 aromatic carbocycles. The Morgan fingerprint density at radius 2 is 1.90 bits per heavy atom. The standard InChI is InChI=1S/C24H27FN2O3/c1-16-14-17(5-10-20(16)25)15-27-13-3-2-4-21(27)22(28)26-24(11-12-24)19-8-6-18(7-9-19)23(29)30/h5-10,14,21H,2-4,11-13,15H2,1H3,(H,26,28)(H,29,30). The third-order valence-electron chi connectivity index (χ3n) is 6.32. The van der Waals surface area contributed by atoms with E-state index >= 15 is 0 Å². The van der Waals surface area contributed by atoms with E-state index < -0.39 is 5.97 Å². The zero-order chi connectivity index (χ0) is 21.3. The third kappa shape index (κ3) is 4.24. The van der Waals surface area contributed by atoms with Crippen LogP contribution in [0.15, 0.2) is 42.5 Å². The minimum atomic E-state index is -0.954. The van der Waals surface area contributed by atoms with Crippen LogP contribution < -0.4 is 5.32 Å². The van der Waals surface area contributed by atoms with E-state index in [1.54, 1.807) is 37.3 Å². The van der Waals surface area contributed by atoms with Gasteiger partial charge in [0.05, 0.1) is 17.1 Å². The number of likely N-dealkylation sites (tertiary alicyclic amines) is 1. The van der Waals surface area contributed by atoms with Gasteiger partial charge in [-0.2, -0.15) is 0 Å². The van der Waals surface area contributed by atoms with Gasteiger partial charge < -0.3 is 10.4 Å². The minimum absolute atomic E-state index is 0.0216. The first-order valence-corrected chi connectivity index (χ1v) is 10.5. The monoisotopic (exact) mass is 410 g/mol. The molecule has 2 N–H and O–H groups in total. The maximum absolute atomic E-state index is 13.6.